The normalized spacial score (nSPS) is 13.7. The second-order valence-corrected chi connectivity index (χ2v) is 7.84. The van der Waals surface area contributed by atoms with Gasteiger partial charge in [-0.05, 0) is 29.8 Å². The largest absolute Gasteiger partial charge is 0.368 e. The van der Waals surface area contributed by atoms with Crippen LogP contribution in [0, 0.1) is 0 Å². The zero-order chi connectivity index (χ0) is 22.3. The molecule has 164 valence electrons. The van der Waals surface area contributed by atoms with Gasteiger partial charge >= 0.3 is 6.03 Å². The number of para-hydroxylation sites is 2. The molecule has 1 aliphatic rings. The molecule has 1 heterocycles. The Kier molecular flexibility index (Phi) is 6.82. The van der Waals surface area contributed by atoms with Crippen LogP contribution in [0.5, 0.6) is 0 Å². The molecular formula is C26H28N4O2. The number of rotatable bonds is 6. The third-order valence-corrected chi connectivity index (χ3v) is 5.77. The Bertz CT molecular complexity index is 1030. The maximum Gasteiger partial charge on any atom is 0.324 e. The fourth-order valence-corrected chi connectivity index (χ4v) is 3.94. The van der Waals surface area contributed by atoms with E-state index < -0.39 is 0 Å². The number of hydrogen-bond acceptors (Lipinski definition) is 4. The minimum absolute atomic E-state index is 0.00831. The highest BCUT2D eigenvalue weighted by Crippen LogP contribution is 2.22. The van der Waals surface area contributed by atoms with E-state index in [0.717, 1.165) is 24.3 Å². The zero-order valence-corrected chi connectivity index (χ0v) is 18.1. The van der Waals surface area contributed by atoms with Crippen LogP contribution in [-0.4, -0.2) is 49.4 Å². The van der Waals surface area contributed by atoms with E-state index in [0.29, 0.717) is 25.2 Å². The lowest BCUT2D eigenvalue weighted by molar-refractivity contribution is 0.100. The van der Waals surface area contributed by atoms with Gasteiger partial charge in [0, 0.05) is 43.1 Å². The Balaban J connectivity index is 1.48. The Morgan fingerprint density at radius 1 is 0.781 bits per heavy atom. The monoisotopic (exact) mass is 428 g/mol. The van der Waals surface area contributed by atoms with Gasteiger partial charge in [0.15, 0.2) is 5.78 Å². The van der Waals surface area contributed by atoms with Gasteiger partial charge in [0.25, 0.3) is 0 Å². The number of benzene rings is 3. The number of ketones is 1. The van der Waals surface area contributed by atoms with Gasteiger partial charge in [-0.1, -0.05) is 60.7 Å². The van der Waals surface area contributed by atoms with Gasteiger partial charge in [-0.3, -0.25) is 9.69 Å². The highest BCUT2D eigenvalue weighted by Gasteiger charge is 2.26. The van der Waals surface area contributed by atoms with Crippen LogP contribution >= 0.6 is 0 Å². The Labute approximate surface area is 188 Å². The zero-order valence-electron chi connectivity index (χ0n) is 18.1. The lowest BCUT2D eigenvalue weighted by Crippen LogP contribution is -2.53. The van der Waals surface area contributed by atoms with E-state index in [2.05, 4.69) is 17.0 Å². The van der Waals surface area contributed by atoms with Crippen LogP contribution in [0.4, 0.5) is 16.2 Å². The highest BCUT2D eigenvalue weighted by molar-refractivity contribution is 5.97. The summed E-state index contributed by atoms with van der Waals surface area (Å²) in [5.74, 6) is -0.0937. The van der Waals surface area contributed by atoms with Gasteiger partial charge in [-0.15, -0.1) is 0 Å². The first-order valence-electron chi connectivity index (χ1n) is 10.9. The van der Waals surface area contributed by atoms with Crippen LogP contribution in [0.1, 0.15) is 15.9 Å². The molecule has 3 aromatic rings. The molecule has 4 rings (SSSR count). The second-order valence-electron chi connectivity index (χ2n) is 7.84. The quantitative estimate of drug-likeness (QED) is 0.607. The van der Waals surface area contributed by atoms with Gasteiger partial charge in [0.05, 0.1) is 13.1 Å². The summed E-state index contributed by atoms with van der Waals surface area (Å²) < 4.78 is 0. The third-order valence-electron chi connectivity index (χ3n) is 5.77. The molecule has 1 fully saturated rings. The average molecular weight is 429 g/mol. The van der Waals surface area contributed by atoms with Crippen LogP contribution in [0.2, 0.25) is 0 Å². The molecule has 0 unspecified atom stereocenters. The maximum atomic E-state index is 13.5. The van der Waals surface area contributed by atoms with Gasteiger partial charge in [-0.2, -0.15) is 0 Å². The van der Waals surface area contributed by atoms with E-state index in [1.54, 1.807) is 17.0 Å². The standard InChI is InChI=1S/C26H28N4O2/c27-19-25(31)22-13-11-21(12-14-22)20-30(24-9-5-2-6-10-24)26(32)29-17-15-28(16-18-29)23-7-3-1-4-8-23/h1-14H,15-20,27H2. The smallest absolute Gasteiger partial charge is 0.324 e. The van der Waals surface area contributed by atoms with Crippen molar-refractivity contribution in [3.05, 3.63) is 96.1 Å². The number of piperazine rings is 1. The number of Topliss-reactive ketones (excluding diaryl/α,β-unsaturated/α-hetero) is 1. The molecule has 0 aromatic heterocycles. The molecule has 2 amide bonds. The van der Waals surface area contributed by atoms with Gasteiger partial charge in [-0.25, -0.2) is 4.79 Å². The number of anilines is 2. The Morgan fingerprint density at radius 3 is 1.97 bits per heavy atom. The molecule has 1 saturated heterocycles. The molecule has 0 saturated carbocycles. The van der Waals surface area contributed by atoms with Crippen LogP contribution < -0.4 is 15.5 Å². The Hall–Kier alpha value is -3.64. The fourth-order valence-electron chi connectivity index (χ4n) is 3.94. The summed E-state index contributed by atoms with van der Waals surface area (Å²) >= 11 is 0. The number of nitrogens with zero attached hydrogens (tertiary/aromatic N) is 3. The number of nitrogens with two attached hydrogens (primary N) is 1. The fraction of sp³-hybridized carbons (Fsp3) is 0.231. The molecule has 0 aliphatic carbocycles. The summed E-state index contributed by atoms with van der Waals surface area (Å²) in [7, 11) is 0. The number of carbonyl (C=O) groups is 2. The molecule has 3 aromatic carbocycles. The predicted octanol–water partition coefficient (Wildman–Crippen LogP) is 3.78. The number of carbonyl (C=O) groups excluding carboxylic acids is 2. The maximum absolute atomic E-state index is 13.5. The number of hydrogen-bond donors (Lipinski definition) is 1. The first kappa shape index (κ1) is 21.6. The number of urea groups is 1. The van der Waals surface area contributed by atoms with E-state index in [1.807, 2.05) is 65.6 Å². The molecule has 6 heteroatoms. The molecule has 1 aliphatic heterocycles. The van der Waals surface area contributed by atoms with Crippen molar-refractivity contribution >= 4 is 23.2 Å². The third kappa shape index (κ3) is 4.98. The van der Waals surface area contributed by atoms with Crippen LogP contribution in [-0.2, 0) is 6.54 Å². The summed E-state index contributed by atoms with van der Waals surface area (Å²) in [5, 5.41) is 0. The predicted molar refractivity (Wildman–Crippen MR) is 128 cm³/mol. The van der Waals surface area contributed by atoms with Gasteiger partial charge in [0.1, 0.15) is 0 Å². The van der Waals surface area contributed by atoms with E-state index >= 15 is 0 Å². The molecule has 32 heavy (non-hydrogen) atoms. The van der Waals surface area contributed by atoms with Crippen molar-refractivity contribution in [1.29, 1.82) is 0 Å². The Morgan fingerprint density at radius 2 is 1.38 bits per heavy atom. The summed E-state index contributed by atoms with van der Waals surface area (Å²) in [5.41, 5.74) is 9.04. The van der Waals surface area contributed by atoms with Crippen molar-refractivity contribution in [3.63, 3.8) is 0 Å². The molecule has 6 nitrogen and oxygen atoms in total. The summed E-state index contributed by atoms with van der Waals surface area (Å²) in [6.45, 7) is 3.35. The lowest BCUT2D eigenvalue weighted by atomic mass is 10.1. The van der Waals surface area contributed by atoms with Crippen molar-refractivity contribution < 1.29 is 9.59 Å². The van der Waals surface area contributed by atoms with E-state index in [-0.39, 0.29) is 18.4 Å². The molecule has 0 atom stereocenters. The first-order valence-corrected chi connectivity index (χ1v) is 10.9. The topological polar surface area (TPSA) is 69.9 Å². The van der Waals surface area contributed by atoms with Gasteiger partial charge < -0.3 is 15.5 Å². The van der Waals surface area contributed by atoms with Crippen molar-refractivity contribution in [2.45, 2.75) is 6.54 Å². The minimum Gasteiger partial charge on any atom is -0.368 e. The van der Waals surface area contributed by atoms with Crippen molar-refractivity contribution in [3.8, 4) is 0 Å². The van der Waals surface area contributed by atoms with Crippen LogP contribution in [0.3, 0.4) is 0 Å². The average Bonchev–Trinajstić information content (AvgIpc) is 2.88. The highest BCUT2D eigenvalue weighted by atomic mass is 16.2. The lowest BCUT2D eigenvalue weighted by Gasteiger charge is -2.38. The second kappa shape index (κ2) is 10.1. The van der Waals surface area contributed by atoms with E-state index in [9.17, 15) is 9.59 Å². The summed E-state index contributed by atoms with van der Waals surface area (Å²) in [4.78, 5) is 31.4. The van der Waals surface area contributed by atoms with E-state index in [1.165, 1.54) is 5.69 Å². The van der Waals surface area contributed by atoms with Crippen LogP contribution in [0.25, 0.3) is 0 Å². The summed E-state index contributed by atoms with van der Waals surface area (Å²) in [6, 6.07) is 27.3. The van der Waals surface area contributed by atoms with Crippen LogP contribution in [0.15, 0.2) is 84.9 Å². The number of amides is 2. The molecule has 0 spiro atoms. The first-order chi connectivity index (χ1) is 15.7. The minimum atomic E-state index is -0.0937. The van der Waals surface area contributed by atoms with Crippen molar-refractivity contribution in [2.75, 3.05) is 42.5 Å². The summed E-state index contributed by atoms with van der Waals surface area (Å²) in [6.07, 6.45) is 0. The van der Waals surface area contributed by atoms with Crippen molar-refractivity contribution in [1.82, 2.24) is 4.90 Å². The molecule has 2 N–H and O–H groups in total. The molecular weight excluding hydrogens is 400 g/mol. The SMILES string of the molecule is NCC(=O)c1ccc(CN(C(=O)N2CCN(c3ccccc3)CC2)c2ccccc2)cc1. The molecule has 0 radical (unpaired) electrons. The van der Waals surface area contributed by atoms with Crippen molar-refractivity contribution in [2.24, 2.45) is 5.73 Å². The van der Waals surface area contributed by atoms with E-state index in [4.69, 9.17) is 5.73 Å². The van der Waals surface area contributed by atoms with Gasteiger partial charge in [0.2, 0.25) is 0 Å². The molecule has 0 bridgehead atoms.